The van der Waals surface area contributed by atoms with Gasteiger partial charge in [0.05, 0.1) is 11.3 Å². The van der Waals surface area contributed by atoms with Crippen LogP contribution in [0.15, 0.2) is 42.7 Å². The number of benzene rings is 1. The maximum atomic E-state index is 14.1. The summed E-state index contributed by atoms with van der Waals surface area (Å²) in [4.78, 5) is 4.04. The van der Waals surface area contributed by atoms with Crippen molar-refractivity contribution in [3.05, 3.63) is 53.6 Å². The van der Waals surface area contributed by atoms with Crippen molar-refractivity contribution < 1.29 is 4.39 Å². The molecule has 0 atom stereocenters. The summed E-state index contributed by atoms with van der Waals surface area (Å²) in [5, 5.41) is 7.06. The first kappa shape index (κ1) is 12.6. The standard InChI is InChI=1S/C14H10ClFN4/c15-9-3-4-10(11(16)6-9)13-12(14(17)20-19-13)8-2-1-5-18-7-8/h1-7H,(H3,17,19,20). The number of H-pyrrole nitrogens is 1. The number of hydrogen-bond acceptors (Lipinski definition) is 3. The topological polar surface area (TPSA) is 67.6 Å². The van der Waals surface area contributed by atoms with Crippen LogP contribution in [0, 0.1) is 5.82 Å². The number of nitrogens with one attached hydrogen (secondary N) is 1. The fraction of sp³-hybridized carbons (Fsp3) is 0. The van der Waals surface area contributed by atoms with Crippen LogP contribution in [0.2, 0.25) is 5.02 Å². The van der Waals surface area contributed by atoms with Crippen molar-refractivity contribution in [1.29, 1.82) is 0 Å². The van der Waals surface area contributed by atoms with Gasteiger partial charge in [-0.2, -0.15) is 5.10 Å². The Morgan fingerprint density at radius 2 is 2.10 bits per heavy atom. The minimum absolute atomic E-state index is 0.294. The van der Waals surface area contributed by atoms with Gasteiger partial charge in [0.1, 0.15) is 5.82 Å². The number of anilines is 1. The molecule has 20 heavy (non-hydrogen) atoms. The van der Waals surface area contributed by atoms with Crippen molar-refractivity contribution in [2.24, 2.45) is 0 Å². The lowest BCUT2D eigenvalue weighted by Crippen LogP contribution is -1.90. The average Bonchev–Trinajstić information content (AvgIpc) is 2.81. The molecule has 0 aliphatic carbocycles. The van der Waals surface area contributed by atoms with Crippen LogP contribution in [0.1, 0.15) is 0 Å². The molecule has 2 heterocycles. The second-order valence-electron chi connectivity index (χ2n) is 4.22. The molecule has 1 aromatic carbocycles. The highest BCUT2D eigenvalue weighted by molar-refractivity contribution is 6.30. The molecule has 0 unspecified atom stereocenters. The smallest absolute Gasteiger partial charge is 0.153 e. The largest absolute Gasteiger partial charge is 0.382 e. The Balaban J connectivity index is 2.21. The predicted molar refractivity (Wildman–Crippen MR) is 76.6 cm³/mol. The second kappa shape index (κ2) is 4.94. The predicted octanol–water partition coefficient (Wildman–Crippen LogP) is 3.51. The number of rotatable bonds is 2. The first-order valence-corrected chi connectivity index (χ1v) is 6.24. The number of halogens is 2. The summed E-state index contributed by atoms with van der Waals surface area (Å²) in [6.07, 6.45) is 3.31. The van der Waals surface area contributed by atoms with Crippen molar-refractivity contribution in [1.82, 2.24) is 15.2 Å². The Kier molecular flexibility index (Phi) is 3.12. The van der Waals surface area contributed by atoms with E-state index in [0.717, 1.165) is 5.56 Å². The summed E-state index contributed by atoms with van der Waals surface area (Å²) < 4.78 is 14.1. The molecule has 0 bridgehead atoms. The summed E-state index contributed by atoms with van der Waals surface area (Å²) in [5.74, 6) is -0.145. The van der Waals surface area contributed by atoms with Gasteiger partial charge >= 0.3 is 0 Å². The Hall–Kier alpha value is -2.40. The Morgan fingerprint density at radius 1 is 1.25 bits per heavy atom. The van der Waals surface area contributed by atoms with Gasteiger partial charge in [-0.1, -0.05) is 17.7 Å². The molecule has 0 aliphatic heterocycles. The number of hydrogen-bond donors (Lipinski definition) is 2. The molecule has 0 saturated heterocycles. The van der Waals surface area contributed by atoms with Crippen LogP contribution in [0.25, 0.3) is 22.4 Å². The summed E-state index contributed by atoms with van der Waals surface area (Å²) in [7, 11) is 0. The highest BCUT2D eigenvalue weighted by atomic mass is 35.5. The van der Waals surface area contributed by atoms with Gasteiger partial charge < -0.3 is 5.73 Å². The quantitative estimate of drug-likeness (QED) is 0.758. The third kappa shape index (κ3) is 2.12. The van der Waals surface area contributed by atoms with Crippen molar-refractivity contribution in [3.63, 3.8) is 0 Å². The van der Waals surface area contributed by atoms with Gasteiger partial charge in [-0.25, -0.2) is 4.39 Å². The first-order valence-electron chi connectivity index (χ1n) is 5.86. The summed E-state index contributed by atoms with van der Waals surface area (Å²) >= 11 is 5.77. The molecular weight excluding hydrogens is 279 g/mol. The van der Waals surface area contributed by atoms with Gasteiger partial charge in [-0.05, 0) is 24.3 Å². The monoisotopic (exact) mass is 288 g/mol. The van der Waals surface area contributed by atoms with Gasteiger partial charge in [0.25, 0.3) is 0 Å². The molecule has 0 saturated carbocycles. The summed E-state index contributed by atoms with van der Waals surface area (Å²) in [6.45, 7) is 0. The van der Waals surface area contributed by atoms with E-state index in [1.807, 2.05) is 6.07 Å². The average molecular weight is 289 g/mol. The molecule has 100 valence electrons. The van der Waals surface area contributed by atoms with E-state index in [0.29, 0.717) is 27.7 Å². The van der Waals surface area contributed by atoms with Gasteiger partial charge in [-0.3, -0.25) is 10.1 Å². The fourth-order valence-corrected chi connectivity index (χ4v) is 2.20. The van der Waals surface area contributed by atoms with E-state index in [4.69, 9.17) is 17.3 Å². The fourth-order valence-electron chi connectivity index (χ4n) is 2.05. The molecule has 3 N–H and O–H groups in total. The van der Waals surface area contributed by atoms with Gasteiger partial charge in [0.2, 0.25) is 0 Å². The van der Waals surface area contributed by atoms with Gasteiger partial charge in [0.15, 0.2) is 5.82 Å². The van der Waals surface area contributed by atoms with Gasteiger partial charge in [0, 0.05) is 28.5 Å². The SMILES string of the molecule is Nc1n[nH]c(-c2ccc(Cl)cc2F)c1-c1cccnc1. The number of nitrogen functional groups attached to an aromatic ring is 1. The Morgan fingerprint density at radius 3 is 2.80 bits per heavy atom. The Bertz CT molecular complexity index is 755. The highest BCUT2D eigenvalue weighted by Crippen LogP contribution is 2.35. The van der Waals surface area contributed by atoms with Crippen LogP contribution in [0.4, 0.5) is 10.2 Å². The van der Waals surface area contributed by atoms with E-state index < -0.39 is 5.82 Å². The van der Waals surface area contributed by atoms with Gasteiger partial charge in [-0.15, -0.1) is 0 Å². The van der Waals surface area contributed by atoms with E-state index in [1.54, 1.807) is 30.6 Å². The maximum Gasteiger partial charge on any atom is 0.153 e. The van der Waals surface area contributed by atoms with E-state index >= 15 is 0 Å². The number of pyridine rings is 1. The molecule has 0 fully saturated rings. The molecule has 2 aromatic heterocycles. The maximum absolute atomic E-state index is 14.1. The van der Waals surface area contributed by atoms with E-state index in [-0.39, 0.29) is 0 Å². The van der Waals surface area contributed by atoms with Crippen LogP contribution < -0.4 is 5.73 Å². The minimum atomic E-state index is -0.439. The van der Waals surface area contributed by atoms with Crippen LogP contribution in [-0.2, 0) is 0 Å². The summed E-state index contributed by atoms with van der Waals surface area (Å²) in [5.41, 5.74) is 8.13. The number of nitrogens with zero attached hydrogens (tertiary/aromatic N) is 2. The number of nitrogens with two attached hydrogens (primary N) is 1. The molecule has 0 amide bonds. The molecule has 0 radical (unpaired) electrons. The molecule has 0 aliphatic rings. The zero-order valence-electron chi connectivity index (χ0n) is 10.3. The van der Waals surface area contributed by atoms with Crippen LogP contribution in [-0.4, -0.2) is 15.2 Å². The van der Waals surface area contributed by atoms with E-state index in [1.165, 1.54) is 6.07 Å². The van der Waals surface area contributed by atoms with E-state index in [2.05, 4.69) is 15.2 Å². The normalized spacial score (nSPS) is 10.7. The zero-order chi connectivity index (χ0) is 14.1. The Labute approximate surface area is 119 Å². The highest BCUT2D eigenvalue weighted by Gasteiger charge is 2.17. The third-order valence-electron chi connectivity index (χ3n) is 2.94. The zero-order valence-corrected chi connectivity index (χ0v) is 11.0. The molecule has 3 rings (SSSR count). The van der Waals surface area contributed by atoms with E-state index in [9.17, 15) is 4.39 Å². The lowest BCUT2D eigenvalue weighted by Gasteiger charge is -2.05. The second-order valence-corrected chi connectivity index (χ2v) is 4.66. The van der Waals surface area contributed by atoms with Crippen molar-refractivity contribution >= 4 is 17.4 Å². The van der Waals surface area contributed by atoms with Crippen molar-refractivity contribution in [2.75, 3.05) is 5.73 Å². The molecule has 6 heteroatoms. The van der Waals surface area contributed by atoms with Crippen molar-refractivity contribution in [2.45, 2.75) is 0 Å². The molecule has 4 nitrogen and oxygen atoms in total. The molecular formula is C14H10ClFN4. The van der Waals surface area contributed by atoms with Crippen LogP contribution in [0.3, 0.4) is 0 Å². The number of aromatic amines is 1. The molecule has 0 spiro atoms. The van der Waals surface area contributed by atoms with Crippen molar-refractivity contribution in [3.8, 4) is 22.4 Å². The molecule has 3 aromatic rings. The first-order chi connectivity index (χ1) is 9.66. The third-order valence-corrected chi connectivity index (χ3v) is 3.18. The van der Waals surface area contributed by atoms with Crippen LogP contribution in [0.5, 0.6) is 0 Å². The lowest BCUT2D eigenvalue weighted by molar-refractivity contribution is 0.631. The number of aromatic nitrogens is 3. The van der Waals surface area contributed by atoms with Crippen LogP contribution >= 0.6 is 11.6 Å². The summed E-state index contributed by atoms with van der Waals surface area (Å²) in [6, 6.07) is 8.07. The minimum Gasteiger partial charge on any atom is -0.382 e. The lowest BCUT2D eigenvalue weighted by atomic mass is 10.0.